The summed E-state index contributed by atoms with van der Waals surface area (Å²) in [5.74, 6) is 1.81. The molecule has 0 aromatic heterocycles. The minimum absolute atomic E-state index is 0.000218. The second-order valence-electron chi connectivity index (χ2n) is 10.4. The molecule has 2 aliphatic carbocycles. The average Bonchev–Trinajstić information content (AvgIpc) is 3.13. The van der Waals surface area contributed by atoms with Crippen molar-refractivity contribution in [3.05, 3.63) is 58.9 Å². The number of amides is 2. The molecule has 1 saturated heterocycles. The predicted molar refractivity (Wildman–Crippen MR) is 124 cm³/mol. The van der Waals surface area contributed by atoms with Gasteiger partial charge in [0.25, 0.3) is 5.91 Å². The molecule has 4 aliphatic rings. The lowest BCUT2D eigenvalue weighted by Gasteiger charge is -2.23. The van der Waals surface area contributed by atoms with E-state index in [0.29, 0.717) is 52.9 Å². The van der Waals surface area contributed by atoms with Crippen LogP contribution in [0.15, 0.2) is 36.4 Å². The van der Waals surface area contributed by atoms with Gasteiger partial charge in [-0.05, 0) is 70.5 Å². The van der Waals surface area contributed by atoms with Crippen LogP contribution in [-0.2, 0) is 17.8 Å². The van der Waals surface area contributed by atoms with Crippen molar-refractivity contribution in [3.8, 4) is 17.2 Å². The van der Waals surface area contributed by atoms with Gasteiger partial charge in [0.1, 0.15) is 11.9 Å². The molecular formula is C27H27FN4O2. The molecule has 2 bridgehead atoms. The Bertz CT molecular complexity index is 1250. The maximum atomic E-state index is 15.0. The number of carbonyl (C=O) groups is 2. The van der Waals surface area contributed by atoms with E-state index in [4.69, 9.17) is 0 Å². The Balaban J connectivity index is 1.14. The normalized spacial score (nSPS) is 31.1. The van der Waals surface area contributed by atoms with E-state index in [2.05, 4.69) is 23.6 Å². The first-order valence-electron chi connectivity index (χ1n) is 12.0. The highest BCUT2D eigenvalue weighted by molar-refractivity contribution is 5.98. The standard InChI is InChI=1S/C27H27FN4O2/c1-13-23-20-10-22(24(13)23)31-25(20)26(33)30-18(11-29)8-16-4-3-15(9-21(16)28)14-5-6-19-17(7-14)12-32(2)27(19)34/h3-7,9,13,18,20,22-25,31H,8,10,12H2,1-2H3,(H,30,33)/t13-,18-,20+,22-,23-,24+,25-/m0/s1. The number of rotatable bonds is 5. The number of carbonyl (C=O) groups excluding carboxylic acids is 2. The molecular weight excluding hydrogens is 431 g/mol. The highest BCUT2D eigenvalue weighted by Gasteiger charge is 2.67. The van der Waals surface area contributed by atoms with Crippen LogP contribution < -0.4 is 10.6 Å². The van der Waals surface area contributed by atoms with Crippen LogP contribution in [0.25, 0.3) is 11.1 Å². The smallest absolute Gasteiger partial charge is 0.254 e. The third-order valence-corrected chi connectivity index (χ3v) is 8.48. The van der Waals surface area contributed by atoms with Crippen LogP contribution in [0.3, 0.4) is 0 Å². The van der Waals surface area contributed by atoms with Crippen LogP contribution in [0.2, 0.25) is 0 Å². The molecule has 2 N–H and O–H groups in total. The molecule has 7 heteroatoms. The third-order valence-electron chi connectivity index (χ3n) is 8.48. The molecule has 2 aromatic carbocycles. The molecule has 6 rings (SSSR count). The van der Waals surface area contributed by atoms with E-state index >= 15 is 0 Å². The molecule has 2 amide bonds. The summed E-state index contributed by atoms with van der Waals surface area (Å²) in [5, 5.41) is 15.9. The van der Waals surface area contributed by atoms with E-state index in [1.807, 2.05) is 18.2 Å². The zero-order chi connectivity index (χ0) is 23.7. The van der Waals surface area contributed by atoms with Gasteiger partial charge in [0.2, 0.25) is 5.91 Å². The molecule has 2 saturated carbocycles. The average molecular weight is 459 g/mol. The number of hydrogen-bond acceptors (Lipinski definition) is 4. The number of nitriles is 1. The Morgan fingerprint density at radius 2 is 2.03 bits per heavy atom. The Morgan fingerprint density at radius 1 is 1.26 bits per heavy atom. The predicted octanol–water partition coefficient (Wildman–Crippen LogP) is 2.87. The van der Waals surface area contributed by atoms with Crippen LogP contribution in [0, 0.1) is 40.8 Å². The quantitative estimate of drug-likeness (QED) is 0.722. The SMILES string of the molecule is C[C@H]1[C@H]2[C@H]3C[C@H](N[C@@H]3C(=O)N[C@H](C#N)Cc3ccc(-c4ccc5c(c4)CN(C)C5=O)cc3F)[C@@H]12. The topological polar surface area (TPSA) is 85.2 Å². The van der Waals surface area contributed by atoms with Gasteiger partial charge in [-0.15, -0.1) is 0 Å². The van der Waals surface area contributed by atoms with E-state index in [9.17, 15) is 19.2 Å². The Labute approximate surface area is 198 Å². The van der Waals surface area contributed by atoms with Crippen LogP contribution in [0.1, 0.15) is 34.8 Å². The van der Waals surface area contributed by atoms with Crippen LogP contribution in [0.4, 0.5) is 4.39 Å². The first-order valence-corrected chi connectivity index (χ1v) is 12.0. The molecule has 34 heavy (non-hydrogen) atoms. The molecule has 2 aromatic rings. The number of piperidine rings is 1. The third kappa shape index (κ3) is 3.24. The van der Waals surface area contributed by atoms with E-state index in [1.165, 1.54) is 6.07 Å². The van der Waals surface area contributed by atoms with Crippen molar-refractivity contribution >= 4 is 11.8 Å². The number of nitrogens with zero attached hydrogens (tertiary/aromatic N) is 2. The summed E-state index contributed by atoms with van der Waals surface area (Å²) in [6.45, 7) is 2.80. The second-order valence-corrected chi connectivity index (χ2v) is 10.4. The number of hydrogen-bond donors (Lipinski definition) is 2. The van der Waals surface area contributed by atoms with Crippen molar-refractivity contribution < 1.29 is 14.0 Å². The van der Waals surface area contributed by atoms with Crippen molar-refractivity contribution in [2.24, 2.45) is 23.7 Å². The summed E-state index contributed by atoms with van der Waals surface area (Å²) in [6, 6.07) is 12.0. The highest BCUT2D eigenvalue weighted by atomic mass is 19.1. The van der Waals surface area contributed by atoms with Crippen molar-refractivity contribution in [2.45, 2.75) is 44.4 Å². The lowest BCUT2D eigenvalue weighted by atomic mass is 9.94. The maximum Gasteiger partial charge on any atom is 0.254 e. The van der Waals surface area contributed by atoms with E-state index in [-0.39, 0.29) is 24.3 Å². The van der Waals surface area contributed by atoms with Gasteiger partial charge in [-0.2, -0.15) is 5.26 Å². The number of benzene rings is 2. The van der Waals surface area contributed by atoms with Crippen LogP contribution in [-0.4, -0.2) is 41.9 Å². The van der Waals surface area contributed by atoms with Gasteiger partial charge in [-0.1, -0.05) is 25.1 Å². The molecule has 7 atom stereocenters. The zero-order valence-electron chi connectivity index (χ0n) is 19.2. The molecule has 174 valence electrons. The van der Waals surface area contributed by atoms with Gasteiger partial charge in [0.05, 0.1) is 12.1 Å². The molecule has 0 spiro atoms. The molecule has 0 unspecified atom stereocenters. The van der Waals surface area contributed by atoms with Crippen molar-refractivity contribution in [1.82, 2.24) is 15.5 Å². The van der Waals surface area contributed by atoms with Crippen molar-refractivity contribution in [3.63, 3.8) is 0 Å². The fourth-order valence-electron chi connectivity index (χ4n) is 6.75. The monoisotopic (exact) mass is 458 g/mol. The summed E-state index contributed by atoms with van der Waals surface area (Å²) in [4.78, 5) is 26.6. The summed E-state index contributed by atoms with van der Waals surface area (Å²) < 4.78 is 15.0. The van der Waals surface area contributed by atoms with Crippen LogP contribution >= 0.6 is 0 Å². The highest BCUT2D eigenvalue weighted by Crippen LogP contribution is 2.64. The van der Waals surface area contributed by atoms with E-state index in [0.717, 1.165) is 17.5 Å². The lowest BCUT2D eigenvalue weighted by molar-refractivity contribution is -0.124. The summed E-state index contributed by atoms with van der Waals surface area (Å²) in [6.07, 6.45) is 1.15. The first-order chi connectivity index (χ1) is 16.4. The second kappa shape index (κ2) is 7.64. The number of halogens is 1. The van der Waals surface area contributed by atoms with Crippen molar-refractivity contribution in [2.75, 3.05) is 7.05 Å². The molecule has 0 radical (unpaired) electrons. The Kier molecular flexibility index (Phi) is 4.79. The maximum absolute atomic E-state index is 15.0. The van der Waals surface area contributed by atoms with Gasteiger partial charge in [-0.25, -0.2) is 4.39 Å². The number of nitrogens with one attached hydrogen (secondary N) is 2. The summed E-state index contributed by atoms with van der Waals surface area (Å²) >= 11 is 0. The van der Waals surface area contributed by atoms with Gasteiger partial charge < -0.3 is 15.5 Å². The van der Waals surface area contributed by atoms with Gasteiger partial charge in [-0.3, -0.25) is 9.59 Å². The fourth-order valence-corrected chi connectivity index (χ4v) is 6.75. The lowest BCUT2D eigenvalue weighted by Crippen LogP contribution is -2.51. The Morgan fingerprint density at radius 3 is 2.76 bits per heavy atom. The van der Waals surface area contributed by atoms with E-state index < -0.39 is 11.9 Å². The zero-order valence-corrected chi connectivity index (χ0v) is 19.2. The van der Waals surface area contributed by atoms with Gasteiger partial charge in [0, 0.05) is 31.6 Å². The molecule has 2 aliphatic heterocycles. The first kappa shape index (κ1) is 21.3. The minimum Gasteiger partial charge on any atom is -0.339 e. The largest absolute Gasteiger partial charge is 0.339 e. The number of fused-ring (bicyclic) bond motifs is 6. The molecule has 6 nitrogen and oxygen atoms in total. The summed E-state index contributed by atoms with van der Waals surface area (Å²) in [5.41, 5.74) is 3.56. The van der Waals surface area contributed by atoms with E-state index in [1.54, 1.807) is 24.1 Å². The fraction of sp³-hybridized carbons (Fsp3) is 0.444. The van der Waals surface area contributed by atoms with Crippen LogP contribution in [0.5, 0.6) is 0 Å². The van der Waals surface area contributed by atoms with Crippen molar-refractivity contribution in [1.29, 1.82) is 5.26 Å². The Hall–Kier alpha value is -3.24. The summed E-state index contributed by atoms with van der Waals surface area (Å²) in [7, 11) is 1.76. The van der Waals surface area contributed by atoms with Gasteiger partial charge >= 0.3 is 0 Å². The molecule has 2 heterocycles. The van der Waals surface area contributed by atoms with Gasteiger partial charge in [0.15, 0.2) is 0 Å². The minimum atomic E-state index is -0.789. The molecule has 3 fully saturated rings.